The minimum absolute atomic E-state index is 0.221. The Kier molecular flexibility index (Phi) is 7.33. The van der Waals surface area contributed by atoms with Crippen molar-refractivity contribution in [2.24, 2.45) is 0 Å². The fraction of sp³-hybridized carbons (Fsp3) is 0.400. The van der Waals surface area contributed by atoms with Gasteiger partial charge in [-0.15, -0.1) is 0 Å². The molecule has 0 unspecified atom stereocenters. The molecule has 0 N–H and O–H groups in total. The lowest BCUT2D eigenvalue weighted by Gasteiger charge is -2.33. The van der Waals surface area contributed by atoms with Crippen LogP contribution in [0.25, 0.3) is 11.3 Å². The largest absolute Gasteiger partial charge is 0.473 e. The zero-order valence-electron chi connectivity index (χ0n) is 19.5. The summed E-state index contributed by atoms with van der Waals surface area (Å²) in [6.45, 7) is 7.21. The van der Waals surface area contributed by atoms with Gasteiger partial charge >= 0.3 is 6.09 Å². The molecule has 1 aliphatic rings. The van der Waals surface area contributed by atoms with Gasteiger partial charge < -0.3 is 14.4 Å². The van der Waals surface area contributed by atoms with Gasteiger partial charge in [-0.3, -0.25) is 4.68 Å². The van der Waals surface area contributed by atoms with Crippen molar-refractivity contribution in [1.82, 2.24) is 19.7 Å². The van der Waals surface area contributed by atoms with E-state index in [2.05, 4.69) is 10.1 Å². The summed E-state index contributed by atoms with van der Waals surface area (Å²) < 4.78 is 13.3. The van der Waals surface area contributed by atoms with Crippen LogP contribution < -0.4 is 4.74 Å². The molecule has 3 aromatic rings. The molecule has 2 aromatic heterocycles. The molecule has 1 aromatic carbocycles. The van der Waals surface area contributed by atoms with E-state index in [9.17, 15) is 4.79 Å². The molecule has 0 saturated carbocycles. The first-order valence-electron chi connectivity index (χ1n) is 11.2. The van der Waals surface area contributed by atoms with E-state index < -0.39 is 5.60 Å². The predicted octanol–water partition coefficient (Wildman–Crippen LogP) is 6.40. The highest BCUT2D eigenvalue weighted by Crippen LogP contribution is 2.27. The normalized spacial score (nSPS) is 14.8. The summed E-state index contributed by atoms with van der Waals surface area (Å²) in [4.78, 5) is 18.7. The second kappa shape index (κ2) is 10.2. The Labute approximate surface area is 209 Å². The Morgan fingerprint density at radius 3 is 2.62 bits per heavy atom. The van der Waals surface area contributed by atoms with Crippen LogP contribution >= 0.6 is 23.2 Å². The number of aromatic nitrogens is 3. The van der Waals surface area contributed by atoms with Gasteiger partial charge in [0.2, 0.25) is 5.88 Å². The smallest absolute Gasteiger partial charge is 0.410 e. The molecule has 0 radical (unpaired) electrons. The Bertz CT molecular complexity index is 1150. The van der Waals surface area contributed by atoms with E-state index in [0.717, 1.165) is 29.7 Å². The van der Waals surface area contributed by atoms with Gasteiger partial charge in [0.05, 0.1) is 17.9 Å². The SMILES string of the molecule is CC(C)(C)OC(=O)N1CCC(n2cc(-c3cccc(OCc4ccc(Cl)cc4Cl)n3)cn2)CC1. The average molecular weight is 503 g/mol. The van der Waals surface area contributed by atoms with Gasteiger partial charge in [0.1, 0.15) is 12.2 Å². The van der Waals surface area contributed by atoms with E-state index in [1.165, 1.54) is 0 Å². The number of benzene rings is 1. The lowest BCUT2D eigenvalue weighted by molar-refractivity contribution is 0.0185. The highest BCUT2D eigenvalue weighted by atomic mass is 35.5. The Morgan fingerprint density at radius 2 is 1.91 bits per heavy atom. The number of hydrogen-bond acceptors (Lipinski definition) is 5. The number of carbonyl (C=O) groups excluding carboxylic acids is 1. The van der Waals surface area contributed by atoms with Crippen molar-refractivity contribution < 1.29 is 14.3 Å². The molecular weight excluding hydrogens is 475 g/mol. The van der Waals surface area contributed by atoms with E-state index >= 15 is 0 Å². The summed E-state index contributed by atoms with van der Waals surface area (Å²) in [6.07, 6.45) is 5.18. The first kappa shape index (κ1) is 24.4. The standard InChI is InChI=1S/C25H28Cl2N4O3/c1-25(2,3)34-24(32)30-11-9-20(10-12-30)31-15-18(14-28-31)22-5-4-6-23(29-22)33-16-17-7-8-19(26)13-21(17)27/h4-8,13-15,20H,9-12,16H2,1-3H3. The van der Waals surface area contributed by atoms with Crippen molar-refractivity contribution in [1.29, 1.82) is 0 Å². The van der Waals surface area contributed by atoms with Crippen molar-refractivity contribution in [3.05, 3.63) is 64.4 Å². The van der Waals surface area contributed by atoms with Crippen LogP contribution in [0.1, 0.15) is 45.2 Å². The van der Waals surface area contributed by atoms with Gasteiger partial charge in [0, 0.05) is 46.5 Å². The lowest BCUT2D eigenvalue weighted by Crippen LogP contribution is -2.42. The molecule has 1 saturated heterocycles. The van der Waals surface area contributed by atoms with Crippen molar-refractivity contribution >= 4 is 29.3 Å². The van der Waals surface area contributed by atoms with E-state index in [1.807, 2.05) is 62.1 Å². The topological polar surface area (TPSA) is 69.5 Å². The van der Waals surface area contributed by atoms with Gasteiger partial charge in [-0.05, 0) is 51.8 Å². The molecule has 0 bridgehead atoms. The number of amides is 1. The highest BCUT2D eigenvalue weighted by Gasteiger charge is 2.28. The predicted molar refractivity (Wildman–Crippen MR) is 132 cm³/mol. The molecule has 1 amide bonds. The maximum atomic E-state index is 12.3. The fourth-order valence-electron chi connectivity index (χ4n) is 3.76. The summed E-state index contributed by atoms with van der Waals surface area (Å²) in [5.74, 6) is 0.502. The molecule has 34 heavy (non-hydrogen) atoms. The third-order valence-corrected chi connectivity index (χ3v) is 6.09. The second-order valence-corrected chi connectivity index (χ2v) is 10.1. The molecule has 9 heteroatoms. The van der Waals surface area contributed by atoms with Crippen LogP contribution in [-0.4, -0.2) is 44.4 Å². The third-order valence-electron chi connectivity index (χ3n) is 5.50. The first-order valence-corrected chi connectivity index (χ1v) is 12.0. The maximum Gasteiger partial charge on any atom is 0.410 e. The number of hydrogen-bond donors (Lipinski definition) is 0. The molecule has 0 spiro atoms. The van der Waals surface area contributed by atoms with Crippen molar-refractivity contribution in [2.45, 2.75) is 51.9 Å². The van der Waals surface area contributed by atoms with E-state index in [0.29, 0.717) is 35.6 Å². The monoisotopic (exact) mass is 502 g/mol. The van der Waals surface area contributed by atoms with E-state index in [4.69, 9.17) is 32.7 Å². The van der Waals surface area contributed by atoms with Gasteiger partial charge in [-0.1, -0.05) is 35.3 Å². The van der Waals surface area contributed by atoms with Gasteiger partial charge in [-0.25, -0.2) is 9.78 Å². The zero-order chi connectivity index (χ0) is 24.3. The Hall–Kier alpha value is -2.77. The van der Waals surface area contributed by atoms with Crippen molar-refractivity contribution in [3.63, 3.8) is 0 Å². The Balaban J connectivity index is 1.36. The van der Waals surface area contributed by atoms with Crippen LogP contribution in [0.5, 0.6) is 5.88 Å². The quantitative estimate of drug-likeness (QED) is 0.403. The van der Waals surface area contributed by atoms with Crippen molar-refractivity contribution in [3.8, 4) is 17.1 Å². The van der Waals surface area contributed by atoms with Crippen LogP contribution in [0, 0.1) is 0 Å². The molecule has 7 nitrogen and oxygen atoms in total. The summed E-state index contributed by atoms with van der Waals surface area (Å²) in [5, 5.41) is 5.70. The zero-order valence-corrected chi connectivity index (χ0v) is 21.0. The Morgan fingerprint density at radius 1 is 1.15 bits per heavy atom. The molecule has 3 heterocycles. The first-order chi connectivity index (χ1) is 16.2. The second-order valence-electron chi connectivity index (χ2n) is 9.29. The van der Waals surface area contributed by atoms with Gasteiger partial charge in [0.25, 0.3) is 0 Å². The summed E-state index contributed by atoms with van der Waals surface area (Å²) in [7, 11) is 0. The molecule has 0 aliphatic carbocycles. The average Bonchev–Trinajstić information content (AvgIpc) is 3.28. The number of piperidine rings is 1. The van der Waals surface area contributed by atoms with Crippen LogP contribution in [0.4, 0.5) is 4.79 Å². The molecule has 180 valence electrons. The van der Waals surface area contributed by atoms with Crippen LogP contribution in [0.3, 0.4) is 0 Å². The van der Waals surface area contributed by atoms with Crippen LogP contribution in [0.15, 0.2) is 48.8 Å². The minimum Gasteiger partial charge on any atom is -0.473 e. The summed E-state index contributed by atoms with van der Waals surface area (Å²) in [6, 6.07) is 11.2. The van der Waals surface area contributed by atoms with Gasteiger partial charge in [-0.2, -0.15) is 5.10 Å². The third kappa shape index (κ3) is 6.21. The number of nitrogens with zero attached hydrogens (tertiary/aromatic N) is 4. The number of ether oxygens (including phenoxy) is 2. The van der Waals surface area contributed by atoms with E-state index in [-0.39, 0.29) is 12.1 Å². The summed E-state index contributed by atoms with van der Waals surface area (Å²) >= 11 is 12.2. The van der Waals surface area contributed by atoms with Crippen LogP contribution in [-0.2, 0) is 11.3 Å². The molecule has 1 aliphatic heterocycles. The number of rotatable bonds is 5. The number of pyridine rings is 1. The molecule has 1 fully saturated rings. The molecular formula is C25H28Cl2N4O3. The van der Waals surface area contributed by atoms with Crippen LogP contribution in [0.2, 0.25) is 10.0 Å². The number of likely N-dealkylation sites (tertiary alicyclic amines) is 1. The maximum absolute atomic E-state index is 12.3. The van der Waals surface area contributed by atoms with Crippen molar-refractivity contribution in [2.75, 3.05) is 13.1 Å². The molecule has 4 rings (SSSR count). The molecule has 0 atom stereocenters. The minimum atomic E-state index is -0.489. The lowest BCUT2D eigenvalue weighted by atomic mass is 10.1. The highest BCUT2D eigenvalue weighted by molar-refractivity contribution is 6.35. The summed E-state index contributed by atoms with van der Waals surface area (Å²) in [5.41, 5.74) is 2.03. The number of halogens is 2. The fourth-order valence-corrected chi connectivity index (χ4v) is 4.22. The van der Waals surface area contributed by atoms with E-state index in [1.54, 1.807) is 17.0 Å². The number of carbonyl (C=O) groups is 1. The van der Waals surface area contributed by atoms with Gasteiger partial charge in [0.15, 0.2) is 0 Å².